The van der Waals surface area contributed by atoms with Crippen LogP contribution in [-0.2, 0) is 13.0 Å². The normalized spacial score (nSPS) is 9.81. The summed E-state index contributed by atoms with van der Waals surface area (Å²) in [5.74, 6) is 5.78. The lowest BCUT2D eigenvalue weighted by atomic mass is 10.1. The first-order valence-electron chi connectivity index (χ1n) is 6.87. The van der Waals surface area contributed by atoms with Gasteiger partial charge in [0, 0.05) is 16.0 Å². The molecule has 1 amide bonds. The highest BCUT2D eigenvalue weighted by molar-refractivity contribution is 7.10. The van der Waals surface area contributed by atoms with Crippen LogP contribution in [0, 0.1) is 11.8 Å². The molecule has 108 valence electrons. The fraction of sp³-hybridized carbons (Fsp3) is 0.235. The molecule has 0 saturated heterocycles. The van der Waals surface area contributed by atoms with Gasteiger partial charge in [0.15, 0.2) is 0 Å². The zero-order valence-corrected chi connectivity index (χ0v) is 12.8. The first-order chi connectivity index (χ1) is 10.2. The largest absolute Gasteiger partial charge is 0.347 e. The van der Waals surface area contributed by atoms with Gasteiger partial charge in [-0.15, -0.1) is 11.3 Å². The van der Waals surface area contributed by atoms with Gasteiger partial charge in [0.1, 0.15) is 0 Å². The minimum absolute atomic E-state index is 0.0659. The Labute approximate surface area is 129 Å². The molecular weight excluding hydrogens is 280 g/mol. The van der Waals surface area contributed by atoms with Crippen molar-refractivity contribution in [2.24, 2.45) is 5.73 Å². The third kappa shape index (κ3) is 4.19. The average Bonchev–Trinajstić information content (AvgIpc) is 2.98. The Hall–Kier alpha value is -2.09. The van der Waals surface area contributed by atoms with Crippen LogP contribution < -0.4 is 11.1 Å². The van der Waals surface area contributed by atoms with E-state index in [1.54, 1.807) is 11.3 Å². The minimum Gasteiger partial charge on any atom is -0.347 e. The number of nitrogens with two attached hydrogens (primary N) is 1. The number of hydrogen-bond donors (Lipinski definition) is 2. The van der Waals surface area contributed by atoms with Gasteiger partial charge in [-0.25, -0.2) is 0 Å². The van der Waals surface area contributed by atoms with Crippen molar-refractivity contribution in [3.63, 3.8) is 0 Å². The lowest BCUT2D eigenvalue weighted by Gasteiger charge is -2.05. The molecule has 0 saturated carbocycles. The molecule has 3 nitrogen and oxygen atoms in total. The number of hydrogen-bond acceptors (Lipinski definition) is 3. The molecule has 0 aliphatic carbocycles. The highest BCUT2D eigenvalue weighted by atomic mass is 32.1. The summed E-state index contributed by atoms with van der Waals surface area (Å²) in [6.45, 7) is 2.92. The van der Waals surface area contributed by atoms with Gasteiger partial charge in [0.25, 0.3) is 5.91 Å². The predicted molar refractivity (Wildman–Crippen MR) is 87.2 cm³/mol. The summed E-state index contributed by atoms with van der Waals surface area (Å²) in [4.78, 5) is 13.2. The van der Waals surface area contributed by atoms with E-state index in [1.807, 2.05) is 35.7 Å². The van der Waals surface area contributed by atoms with Crippen LogP contribution in [-0.4, -0.2) is 12.5 Å². The molecule has 0 spiro atoms. The molecule has 0 aliphatic rings. The van der Waals surface area contributed by atoms with E-state index in [9.17, 15) is 4.79 Å². The highest BCUT2D eigenvalue weighted by Crippen LogP contribution is 2.15. The Morgan fingerprint density at radius 3 is 2.71 bits per heavy atom. The maximum Gasteiger partial charge on any atom is 0.251 e. The summed E-state index contributed by atoms with van der Waals surface area (Å²) < 4.78 is 0. The molecule has 2 rings (SSSR count). The third-order valence-corrected chi connectivity index (χ3v) is 4.03. The molecule has 1 aromatic heterocycles. The zero-order valence-electron chi connectivity index (χ0n) is 12.0. The number of carbonyl (C=O) groups is 1. The Bertz CT molecular complexity index is 662. The monoisotopic (exact) mass is 298 g/mol. The van der Waals surface area contributed by atoms with Crippen LogP contribution in [0.15, 0.2) is 35.7 Å². The third-order valence-electron chi connectivity index (χ3n) is 3.10. The van der Waals surface area contributed by atoms with Crippen molar-refractivity contribution < 1.29 is 4.79 Å². The molecule has 0 radical (unpaired) electrons. The van der Waals surface area contributed by atoms with E-state index in [-0.39, 0.29) is 5.91 Å². The second-order valence-corrected chi connectivity index (χ2v) is 5.50. The standard InChI is InChI=1S/C17H18N2OS/c1-2-13-5-7-15(8-6-13)17(20)19-12-16-14(4-3-10-18)9-11-21-16/h5-9,11H,2,10,12,18H2,1H3,(H,19,20). The Morgan fingerprint density at radius 1 is 1.29 bits per heavy atom. The molecule has 21 heavy (non-hydrogen) atoms. The maximum absolute atomic E-state index is 12.1. The van der Waals surface area contributed by atoms with Gasteiger partial charge in [-0.1, -0.05) is 30.9 Å². The first kappa shape index (κ1) is 15.3. The zero-order chi connectivity index (χ0) is 15.1. The molecular formula is C17H18N2OS. The fourth-order valence-electron chi connectivity index (χ4n) is 1.89. The molecule has 2 aromatic rings. The molecule has 3 N–H and O–H groups in total. The van der Waals surface area contributed by atoms with Crippen LogP contribution >= 0.6 is 11.3 Å². The van der Waals surface area contributed by atoms with E-state index in [1.165, 1.54) is 5.56 Å². The van der Waals surface area contributed by atoms with Gasteiger partial charge in [-0.3, -0.25) is 4.79 Å². The second-order valence-electron chi connectivity index (χ2n) is 4.50. The van der Waals surface area contributed by atoms with Crippen LogP contribution in [0.4, 0.5) is 0 Å². The highest BCUT2D eigenvalue weighted by Gasteiger charge is 2.07. The van der Waals surface area contributed by atoms with E-state index < -0.39 is 0 Å². The summed E-state index contributed by atoms with van der Waals surface area (Å²) in [7, 11) is 0. The van der Waals surface area contributed by atoms with Gasteiger partial charge in [0.05, 0.1) is 13.1 Å². The number of rotatable bonds is 4. The molecule has 0 unspecified atom stereocenters. The van der Waals surface area contributed by atoms with Crippen LogP contribution in [0.5, 0.6) is 0 Å². The fourth-order valence-corrected chi connectivity index (χ4v) is 2.66. The first-order valence-corrected chi connectivity index (χ1v) is 7.75. The van der Waals surface area contributed by atoms with E-state index in [0.29, 0.717) is 18.7 Å². The number of thiophene rings is 1. The summed E-state index contributed by atoms with van der Waals surface area (Å²) >= 11 is 1.59. The lowest BCUT2D eigenvalue weighted by Crippen LogP contribution is -2.22. The van der Waals surface area contributed by atoms with Crippen LogP contribution in [0.2, 0.25) is 0 Å². The average molecular weight is 298 g/mol. The van der Waals surface area contributed by atoms with Crippen LogP contribution in [0.25, 0.3) is 0 Å². The Balaban J connectivity index is 1.99. The van der Waals surface area contributed by atoms with Gasteiger partial charge in [-0.05, 0) is 35.6 Å². The van der Waals surface area contributed by atoms with Crippen molar-refractivity contribution >= 4 is 17.2 Å². The second kappa shape index (κ2) is 7.63. The molecule has 0 bridgehead atoms. The van der Waals surface area contributed by atoms with Crippen molar-refractivity contribution in [2.45, 2.75) is 19.9 Å². The van der Waals surface area contributed by atoms with Crippen molar-refractivity contribution in [1.29, 1.82) is 0 Å². The quantitative estimate of drug-likeness (QED) is 0.852. The van der Waals surface area contributed by atoms with Crippen molar-refractivity contribution in [2.75, 3.05) is 6.54 Å². The van der Waals surface area contributed by atoms with E-state index in [2.05, 4.69) is 24.1 Å². The molecule has 0 fully saturated rings. The number of nitrogens with one attached hydrogen (secondary N) is 1. The maximum atomic E-state index is 12.1. The van der Waals surface area contributed by atoms with Gasteiger partial charge >= 0.3 is 0 Å². The molecule has 1 aromatic carbocycles. The summed E-state index contributed by atoms with van der Waals surface area (Å²) in [6, 6.07) is 9.64. The molecule has 0 aliphatic heterocycles. The van der Waals surface area contributed by atoms with E-state index >= 15 is 0 Å². The topological polar surface area (TPSA) is 55.1 Å². The van der Waals surface area contributed by atoms with Crippen molar-refractivity contribution in [1.82, 2.24) is 5.32 Å². The van der Waals surface area contributed by atoms with Crippen LogP contribution in [0.3, 0.4) is 0 Å². The van der Waals surface area contributed by atoms with E-state index in [0.717, 1.165) is 16.9 Å². The number of aryl methyl sites for hydroxylation is 1. The summed E-state index contributed by atoms with van der Waals surface area (Å²) in [5.41, 5.74) is 8.22. The lowest BCUT2D eigenvalue weighted by molar-refractivity contribution is 0.0951. The number of carbonyl (C=O) groups excluding carboxylic acids is 1. The van der Waals surface area contributed by atoms with Gasteiger partial charge < -0.3 is 11.1 Å². The number of benzene rings is 1. The van der Waals surface area contributed by atoms with Crippen molar-refractivity contribution in [3.05, 3.63) is 57.3 Å². The summed E-state index contributed by atoms with van der Waals surface area (Å²) in [5, 5.41) is 4.90. The minimum atomic E-state index is -0.0659. The summed E-state index contributed by atoms with van der Waals surface area (Å²) in [6.07, 6.45) is 0.972. The SMILES string of the molecule is CCc1ccc(C(=O)NCc2sccc2C#CCN)cc1. The van der Waals surface area contributed by atoms with Gasteiger partial charge in [-0.2, -0.15) is 0 Å². The Morgan fingerprint density at radius 2 is 2.05 bits per heavy atom. The molecule has 0 atom stereocenters. The van der Waals surface area contributed by atoms with Crippen molar-refractivity contribution in [3.8, 4) is 11.8 Å². The Kier molecular flexibility index (Phi) is 5.56. The number of amides is 1. The van der Waals surface area contributed by atoms with E-state index in [4.69, 9.17) is 5.73 Å². The van der Waals surface area contributed by atoms with Crippen LogP contribution in [0.1, 0.15) is 33.3 Å². The predicted octanol–water partition coefficient (Wildman–Crippen LogP) is 2.55. The molecule has 1 heterocycles. The smallest absolute Gasteiger partial charge is 0.251 e. The van der Waals surface area contributed by atoms with Gasteiger partial charge in [0.2, 0.25) is 0 Å². The molecule has 4 heteroatoms.